The molecule has 2 aromatic heterocycles. The predicted octanol–water partition coefficient (Wildman–Crippen LogP) is 17.5. The van der Waals surface area contributed by atoms with Gasteiger partial charge >= 0.3 is 0 Å². The molecule has 4 nitrogen and oxygen atoms in total. The molecule has 10 aromatic carbocycles. The Morgan fingerprint density at radius 1 is 0.312 bits per heavy atom. The lowest BCUT2D eigenvalue weighted by atomic mass is 9.78. The molecule has 0 saturated carbocycles. The van der Waals surface area contributed by atoms with Crippen molar-refractivity contribution in [3.8, 4) is 22.3 Å². The first-order chi connectivity index (χ1) is 31.6. The fourth-order valence-corrected chi connectivity index (χ4v) is 10.3. The lowest BCUT2D eigenvalue weighted by Crippen LogP contribution is -2.10. The molecule has 0 saturated heterocycles. The first-order valence-corrected chi connectivity index (χ1v) is 22.4. The van der Waals surface area contributed by atoms with Crippen molar-refractivity contribution in [1.82, 2.24) is 0 Å². The summed E-state index contributed by atoms with van der Waals surface area (Å²) in [6.07, 6.45) is 1.83. The van der Waals surface area contributed by atoms with Crippen LogP contribution in [-0.4, -0.2) is 0 Å². The van der Waals surface area contributed by atoms with E-state index in [1.165, 1.54) is 54.9 Å². The number of anilines is 6. The number of fused-ring (bicyclic) bond motifs is 12. The van der Waals surface area contributed by atoms with E-state index in [0.29, 0.717) is 0 Å². The van der Waals surface area contributed by atoms with E-state index in [-0.39, 0.29) is 0 Å². The topological polar surface area (TPSA) is 32.8 Å². The molecule has 2 heterocycles. The molecule has 1 aliphatic carbocycles. The minimum atomic E-state index is 0.894. The highest BCUT2D eigenvalue weighted by Gasteiger charge is 2.26. The molecule has 64 heavy (non-hydrogen) atoms. The van der Waals surface area contributed by atoms with Gasteiger partial charge in [0.1, 0.15) is 11.2 Å². The molecule has 0 amide bonds. The van der Waals surface area contributed by atoms with Gasteiger partial charge in [0, 0.05) is 44.3 Å². The van der Waals surface area contributed by atoms with E-state index in [2.05, 4.69) is 218 Å². The average molecular weight is 823 g/mol. The third kappa shape index (κ3) is 5.49. The van der Waals surface area contributed by atoms with Crippen LogP contribution in [0.15, 0.2) is 203 Å². The zero-order valence-corrected chi connectivity index (χ0v) is 35.6. The summed E-state index contributed by atoms with van der Waals surface area (Å²) in [4.78, 5) is 4.68. The normalized spacial score (nSPS) is 12.0. The minimum absolute atomic E-state index is 0.894. The molecule has 0 radical (unpaired) electrons. The highest BCUT2D eigenvalue weighted by Crippen LogP contribution is 2.52. The van der Waals surface area contributed by atoms with Crippen LogP contribution in [0, 0.1) is 0 Å². The Morgan fingerprint density at radius 3 is 1.09 bits per heavy atom. The predicted molar refractivity (Wildman–Crippen MR) is 269 cm³/mol. The van der Waals surface area contributed by atoms with Crippen LogP contribution in [0.25, 0.3) is 87.7 Å². The van der Waals surface area contributed by atoms with Gasteiger partial charge in [0.05, 0.1) is 11.4 Å². The molecule has 0 fully saturated rings. The molecule has 0 N–H and O–H groups in total. The van der Waals surface area contributed by atoms with E-state index < -0.39 is 0 Å². The van der Waals surface area contributed by atoms with E-state index in [1.54, 1.807) is 0 Å². The second kappa shape index (κ2) is 14.2. The van der Waals surface area contributed by atoms with Gasteiger partial charge in [-0.25, -0.2) is 0 Å². The SMILES string of the molecule is CCc1cccc2c1oc1c(N(c3ccccc3)c3ccc4cc5c(cc4c3)-c3cc4cc(N(c6ccccc6)c6cccc7c6oc6c(CC)cccc67)ccc4cc3-5)cccc12. The lowest BCUT2D eigenvalue weighted by molar-refractivity contribution is 0.663. The van der Waals surface area contributed by atoms with Crippen LogP contribution >= 0.6 is 0 Å². The zero-order valence-electron chi connectivity index (χ0n) is 35.6. The fourth-order valence-electron chi connectivity index (χ4n) is 10.3. The number of aryl methyl sites for hydroxylation is 2. The van der Waals surface area contributed by atoms with E-state index in [4.69, 9.17) is 8.83 Å². The molecule has 1 aliphatic rings. The standard InChI is InChI=1S/C60H42N2O2/c1-3-37-15-11-21-47-49-23-13-25-55(59(49)63-57(37)47)61(43-17-7-5-8-18-43)45-29-27-39-33-51-52-34-40-28-30-46(32-42(40)36-54(52)53(51)35-41(39)31-45)62(44-19-9-6-10-20-44)56-26-14-24-50-48-22-12-16-38(4-2)58(48)64-60(50)56/h5-36H,3-4H2,1-2H3. The van der Waals surface area contributed by atoms with Crippen molar-refractivity contribution >= 4 is 99.5 Å². The van der Waals surface area contributed by atoms with Crippen molar-refractivity contribution in [1.29, 1.82) is 0 Å². The quantitative estimate of drug-likeness (QED) is 0.153. The molecule has 0 bridgehead atoms. The highest BCUT2D eigenvalue weighted by atomic mass is 16.3. The molecule has 13 rings (SSSR count). The molecular formula is C60H42N2O2. The van der Waals surface area contributed by atoms with Crippen molar-refractivity contribution in [2.45, 2.75) is 26.7 Å². The van der Waals surface area contributed by atoms with Crippen LogP contribution in [0.5, 0.6) is 0 Å². The van der Waals surface area contributed by atoms with Crippen molar-refractivity contribution in [2.75, 3.05) is 9.80 Å². The number of para-hydroxylation sites is 6. The van der Waals surface area contributed by atoms with Crippen LogP contribution in [0.2, 0.25) is 0 Å². The van der Waals surface area contributed by atoms with Gasteiger partial charge in [-0.3, -0.25) is 0 Å². The molecular weight excluding hydrogens is 781 g/mol. The largest absolute Gasteiger partial charge is 0.454 e. The van der Waals surface area contributed by atoms with E-state index >= 15 is 0 Å². The number of benzene rings is 10. The third-order valence-corrected chi connectivity index (χ3v) is 13.5. The third-order valence-electron chi connectivity index (χ3n) is 13.5. The van der Waals surface area contributed by atoms with Crippen LogP contribution in [0.4, 0.5) is 34.1 Å². The second-order valence-corrected chi connectivity index (χ2v) is 17.0. The first-order valence-electron chi connectivity index (χ1n) is 22.4. The Balaban J connectivity index is 0.925. The average Bonchev–Trinajstić information content (AvgIpc) is 3.94. The van der Waals surface area contributed by atoms with Crippen molar-refractivity contribution < 1.29 is 8.83 Å². The van der Waals surface area contributed by atoms with Gasteiger partial charge in [-0.2, -0.15) is 0 Å². The minimum Gasteiger partial charge on any atom is -0.454 e. The van der Waals surface area contributed by atoms with Crippen LogP contribution in [0.3, 0.4) is 0 Å². The Kier molecular flexibility index (Phi) is 8.13. The molecule has 0 aliphatic heterocycles. The molecule has 12 aromatic rings. The molecule has 4 heteroatoms. The van der Waals surface area contributed by atoms with Gasteiger partial charge in [-0.15, -0.1) is 0 Å². The molecule has 0 atom stereocenters. The van der Waals surface area contributed by atoms with Crippen molar-refractivity contribution in [2.24, 2.45) is 0 Å². The maximum Gasteiger partial charge on any atom is 0.159 e. The van der Waals surface area contributed by atoms with Crippen molar-refractivity contribution in [3.63, 3.8) is 0 Å². The fraction of sp³-hybridized carbons (Fsp3) is 0.0667. The van der Waals surface area contributed by atoms with Crippen LogP contribution in [-0.2, 0) is 12.8 Å². The lowest BCUT2D eigenvalue weighted by Gasteiger charge is -2.28. The van der Waals surface area contributed by atoms with Crippen molar-refractivity contribution in [3.05, 3.63) is 205 Å². The van der Waals surface area contributed by atoms with Crippen LogP contribution < -0.4 is 9.80 Å². The van der Waals surface area contributed by atoms with E-state index in [0.717, 1.165) is 90.8 Å². The highest BCUT2D eigenvalue weighted by molar-refractivity contribution is 6.15. The second-order valence-electron chi connectivity index (χ2n) is 17.0. The van der Waals surface area contributed by atoms with Gasteiger partial charge in [0.25, 0.3) is 0 Å². The smallest absolute Gasteiger partial charge is 0.159 e. The first kappa shape index (κ1) is 36.6. The van der Waals surface area contributed by atoms with Gasteiger partial charge in [0.15, 0.2) is 11.2 Å². The Bertz CT molecular complexity index is 3570. The van der Waals surface area contributed by atoms with Gasteiger partial charge < -0.3 is 18.6 Å². The van der Waals surface area contributed by atoms with Gasteiger partial charge in [0.2, 0.25) is 0 Å². The summed E-state index contributed by atoms with van der Waals surface area (Å²) in [7, 11) is 0. The maximum absolute atomic E-state index is 6.80. The summed E-state index contributed by atoms with van der Waals surface area (Å²) in [5.74, 6) is 0. The summed E-state index contributed by atoms with van der Waals surface area (Å²) in [5, 5.41) is 9.39. The molecule has 304 valence electrons. The summed E-state index contributed by atoms with van der Waals surface area (Å²) in [5.41, 5.74) is 17.7. The van der Waals surface area contributed by atoms with Gasteiger partial charge in [-0.1, -0.05) is 123 Å². The maximum atomic E-state index is 6.80. The summed E-state index contributed by atoms with van der Waals surface area (Å²) in [6.45, 7) is 4.38. The van der Waals surface area contributed by atoms with E-state index in [1.807, 2.05) is 0 Å². The Labute approximate surface area is 370 Å². The Hall–Kier alpha value is -8.08. The van der Waals surface area contributed by atoms with Gasteiger partial charge in [-0.05, 0) is 153 Å². The molecule has 0 spiro atoms. The zero-order chi connectivity index (χ0) is 42.5. The van der Waals surface area contributed by atoms with E-state index in [9.17, 15) is 0 Å². The summed E-state index contributed by atoms with van der Waals surface area (Å²) >= 11 is 0. The number of furan rings is 2. The summed E-state index contributed by atoms with van der Waals surface area (Å²) in [6, 6.07) is 70.4. The number of hydrogen-bond donors (Lipinski definition) is 0. The number of hydrogen-bond acceptors (Lipinski definition) is 4. The Morgan fingerprint density at radius 2 is 0.688 bits per heavy atom. The number of nitrogens with zero attached hydrogens (tertiary/aromatic N) is 2. The van der Waals surface area contributed by atoms with Crippen LogP contribution in [0.1, 0.15) is 25.0 Å². The molecule has 0 unspecified atom stereocenters. The summed E-state index contributed by atoms with van der Waals surface area (Å²) < 4.78 is 13.6. The monoisotopic (exact) mass is 822 g/mol. The number of rotatable bonds is 8.